The molecule has 1 fully saturated rings. The van der Waals surface area contributed by atoms with Gasteiger partial charge in [-0.2, -0.15) is 0 Å². The van der Waals surface area contributed by atoms with Gasteiger partial charge in [-0.25, -0.2) is 0 Å². The van der Waals surface area contributed by atoms with Crippen molar-refractivity contribution in [3.05, 3.63) is 30.1 Å². The van der Waals surface area contributed by atoms with Crippen LogP contribution in [-0.4, -0.2) is 41.6 Å². The van der Waals surface area contributed by atoms with Crippen LogP contribution in [0, 0.1) is 0 Å². The van der Waals surface area contributed by atoms with E-state index in [9.17, 15) is 4.79 Å². The summed E-state index contributed by atoms with van der Waals surface area (Å²) in [6, 6.07) is 3.98. The molecule has 2 rings (SSSR count). The zero-order valence-corrected chi connectivity index (χ0v) is 10.8. The van der Waals surface area contributed by atoms with Crippen molar-refractivity contribution in [2.75, 3.05) is 19.7 Å². The molecule has 1 unspecified atom stereocenters. The average Bonchev–Trinajstić information content (AvgIpc) is 2.88. The average molecular weight is 248 g/mol. The van der Waals surface area contributed by atoms with Crippen molar-refractivity contribution in [3.63, 3.8) is 0 Å². The van der Waals surface area contributed by atoms with Gasteiger partial charge in [0.15, 0.2) is 0 Å². The van der Waals surface area contributed by atoms with E-state index in [1.54, 1.807) is 19.3 Å². The van der Waals surface area contributed by atoms with Gasteiger partial charge < -0.3 is 9.64 Å². The SMILES string of the molecule is CC(=O)N(CCc1ccncc1)CC1CCCO1. The molecule has 1 aliphatic heterocycles. The van der Waals surface area contributed by atoms with Gasteiger partial charge in [0.2, 0.25) is 5.91 Å². The summed E-state index contributed by atoms with van der Waals surface area (Å²) >= 11 is 0. The van der Waals surface area contributed by atoms with Crippen molar-refractivity contribution in [2.45, 2.75) is 32.3 Å². The molecule has 1 atom stereocenters. The largest absolute Gasteiger partial charge is 0.376 e. The number of nitrogens with zero attached hydrogens (tertiary/aromatic N) is 2. The minimum atomic E-state index is 0.125. The van der Waals surface area contributed by atoms with Gasteiger partial charge in [-0.1, -0.05) is 0 Å². The second-order valence-corrected chi connectivity index (χ2v) is 4.71. The van der Waals surface area contributed by atoms with E-state index in [2.05, 4.69) is 4.98 Å². The molecule has 98 valence electrons. The molecule has 1 saturated heterocycles. The fourth-order valence-electron chi connectivity index (χ4n) is 2.22. The predicted molar refractivity (Wildman–Crippen MR) is 69.2 cm³/mol. The Balaban J connectivity index is 1.84. The molecular weight excluding hydrogens is 228 g/mol. The Hall–Kier alpha value is -1.42. The number of ether oxygens (including phenoxy) is 1. The number of rotatable bonds is 5. The molecule has 18 heavy (non-hydrogen) atoms. The summed E-state index contributed by atoms with van der Waals surface area (Å²) < 4.78 is 5.58. The smallest absolute Gasteiger partial charge is 0.219 e. The van der Waals surface area contributed by atoms with Crippen LogP contribution in [0.4, 0.5) is 0 Å². The first-order valence-electron chi connectivity index (χ1n) is 6.52. The summed E-state index contributed by atoms with van der Waals surface area (Å²) in [5.41, 5.74) is 1.21. The lowest BCUT2D eigenvalue weighted by molar-refractivity contribution is -0.130. The van der Waals surface area contributed by atoms with Gasteiger partial charge in [0.05, 0.1) is 6.10 Å². The lowest BCUT2D eigenvalue weighted by Crippen LogP contribution is -2.37. The fourth-order valence-corrected chi connectivity index (χ4v) is 2.22. The van der Waals surface area contributed by atoms with E-state index in [4.69, 9.17) is 4.74 Å². The second-order valence-electron chi connectivity index (χ2n) is 4.71. The van der Waals surface area contributed by atoms with Crippen LogP contribution >= 0.6 is 0 Å². The van der Waals surface area contributed by atoms with E-state index in [1.165, 1.54) is 5.56 Å². The van der Waals surface area contributed by atoms with Gasteiger partial charge in [-0.15, -0.1) is 0 Å². The van der Waals surface area contributed by atoms with Crippen LogP contribution in [0.2, 0.25) is 0 Å². The van der Waals surface area contributed by atoms with Gasteiger partial charge in [-0.05, 0) is 37.0 Å². The van der Waals surface area contributed by atoms with Gasteiger partial charge in [0.1, 0.15) is 0 Å². The number of hydrogen-bond acceptors (Lipinski definition) is 3. The lowest BCUT2D eigenvalue weighted by Gasteiger charge is -2.24. The standard InChI is InChI=1S/C14H20N2O2/c1-12(17)16(11-14-3-2-10-18-14)9-6-13-4-7-15-8-5-13/h4-5,7-8,14H,2-3,6,9-11H2,1H3. The third kappa shape index (κ3) is 3.81. The summed E-state index contributed by atoms with van der Waals surface area (Å²) in [7, 11) is 0. The number of hydrogen-bond donors (Lipinski definition) is 0. The number of pyridine rings is 1. The molecule has 4 nitrogen and oxygen atoms in total. The molecule has 0 aromatic carbocycles. The maximum atomic E-state index is 11.6. The summed E-state index contributed by atoms with van der Waals surface area (Å²) in [4.78, 5) is 17.5. The molecule has 0 radical (unpaired) electrons. The number of carbonyl (C=O) groups excluding carboxylic acids is 1. The minimum Gasteiger partial charge on any atom is -0.376 e. The van der Waals surface area contributed by atoms with Crippen molar-refractivity contribution in [3.8, 4) is 0 Å². The summed E-state index contributed by atoms with van der Waals surface area (Å²) in [5, 5.41) is 0. The maximum absolute atomic E-state index is 11.6. The molecule has 1 amide bonds. The number of aromatic nitrogens is 1. The van der Waals surface area contributed by atoms with Crippen LogP contribution in [0.3, 0.4) is 0 Å². The Morgan fingerprint density at radius 1 is 1.50 bits per heavy atom. The first kappa shape index (κ1) is 13.0. The quantitative estimate of drug-likeness (QED) is 0.795. The molecule has 0 saturated carbocycles. The second kappa shape index (κ2) is 6.50. The van der Waals surface area contributed by atoms with Crippen LogP contribution in [0.25, 0.3) is 0 Å². The Labute approximate surface area is 108 Å². The van der Waals surface area contributed by atoms with Gasteiger partial charge in [0.25, 0.3) is 0 Å². The van der Waals surface area contributed by atoms with Gasteiger partial charge >= 0.3 is 0 Å². The van der Waals surface area contributed by atoms with E-state index in [-0.39, 0.29) is 12.0 Å². The fraction of sp³-hybridized carbons (Fsp3) is 0.571. The van der Waals surface area contributed by atoms with Crippen LogP contribution in [0.1, 0.15) is 25.3 Å². The first-order chi connectivity index (χ1) is 8.75. The van der Waals surface area contributed by atoms with E-state index >= 15 is 0 Å². The van der Waals surface area contributed by atoms with E-state index in [1.807, 2.05) is 17.0 Å². The third-order valence-electron chi connectivity index (χ3n) is 3.31. The third-order valence-corrected chi connectivity index (χ3v) is 3.31. The zero-order chi connectivity index (χ0) is 12.8. The zero-order valence-electron chi connectivity index (χ0n) is 10.8. The molecule has 0 spiro atoms. The van der Waals surface area contributed by atoms with Crippen molar-refractivity contribution in [1.29, 1.82) is 0 Å². The Kier molecular flexibility index (Phi) is 4.70. The summed E-state index contributed by atoms with van der Waals surface area (Å²) in [6.45, 7) is 3.93. The molecular formula is C14H20N2O2. The molecule has 2 heterocycles. The molecule has 0 bridgehead atoms. The van der Waals surface area contributed by atoms with Crippen molar-refractivity contribution in [1.82, 2.24) is 9.88 Å². The highest BCUT2D eigenvalue weighted by Crippen LogP contribution is 2.13. The minimum absolute atomic E-state index is 0.125. The van der Waals surface area contributed by atoms with Crippen molar-refractivity contribution < 1.29 is 9.53 Å². The highest BCUT2D eigenvalue weighted by Gasteiger charge is 2.20. The van der Waals surface area contributed by atoms with Crippen molar-refractivity contribution in [2.24, 2.45) is 0 Å². The normalized spacial score (nSPS) is 18.8. The number of carbonyl (C=O) groups is 1. The van der Waals surface area contributed by atoms with E-state index in [0.717, 1.165) is 39.0 Å². The molecule has 1 aromatic rings. The molecule has 0 aliphatic carbocycles. The Morgan fingerprint density at radius 3 is 2.89 bits per heavy atom. The molecule has 0 N–H and O–H groups in total. The lowest BCUT2D eigenvalue weighted by atomic mass is 10.1. The summed E-state index contributed by atoms with van der Waals surface area (Å²) in [5.74, 6) is 0.125. The highest BCUT2D eigenvalue weighted by molar-refractivity contribution is 5.73. The maximum Gasteiger partial charge on any atom is 0.219 e. The number of amides is 1. The molecule has 4 heteroatoms. The van der Waals surface area contributed by atoms with Crippen LogP contribution < -0.4 is 0 Å². The van der Waals surface area contributed by atoms with Crippen molar-refractivity contribution >= 4 is 5.91 Å². The van der Waals surface area contributed by atoms with Crippen LogP contribution in [0.5, 0.6) is 0 Å². The van der Waals surface area contributed by atoms with E-state index < -0.39 is 0 Å². The molecule has 1 aromatic heterocycles. The van der Waals surface area contributed by atoms with Crippen LogP contribution in [0.15, 0.2) is 24.5 Å². The summed E-state index contributed by atoms with van der Waals surface area (Å²) in [6.07, 6.45) is 6.85. The van der Waals surface area contributed by atoms with Gasteiger partial charge in [-0.3, -0.25) is 9.78 Å². The Morgan fingerprint density at radius 2 is 2.28 bits per heavy atom. The van der Waals surface area contributed by atoms with Crippen LogP contribution in [-0.2, 0) is 16.0 Å². The predicted octanol–water partition coefficient (Wildman–Crippen LogP) is 1.65. The Bertz CT molecular complexity index is 375. The van der Waals surface area contributed by atoms with Gasteiger partial charge in [0, 0.05) is 39.0 Å². The first-order valence-corrected chi connectivity index (χ1v) is 6.52. The topological polar surface area (TPSA) is 42.4 Å². The highest BCUT2D eigenvalue weighted by atomic mass is 16.5. The van der Waals surface area contributed by atoms with E-state index in [0.29, 0.717) is 0 Å². The molecule has 1 aliphatic rings. The monoisotopic (exact) mass is 248 g/mol.